The van der Waals surface area contributed by atoms with E-state index in [1.165, 1.54) is 6.92 Å². The van der Waals surface area contributed by atoms with E-state index in [-0.39, 0.29) is 5.05 Å². The Balaban J connectivity index is 0.000000261. The van der Waals surface area contributed by atoms with Crippen molar-refractivity contribution < 1.29 is 5.11 Å². The SMILES string of the molecule is CC(O)=S.Clc1ccccc1Cl. The first-order valence-corrected chi connectivity index (χ1v) is 4.30. The van der Waals surface area contributed by atoms with Crippen LogP contribution in [0.2, 0.25) is 10.0 Å². The quantitative estimate of drug-likeness (QED) is 0.673. The number of aliphatic hydroxyl groups excluding tert-OH is 1. The molecule has 66 valence electrons. The number of benzene rings is 1. The molecule has 1 aromatic carbocycles. The van der Waals surface area contributed by atoms with Crippen LogP contribution in [-0.4, -0.2) is 10.2 Å². The minimum absolute atomic E-state index is 0.000000000000000222. The van der Waals surface area contributed by atoms with Crippen LogP contribution < -0.4 is 0 Å². The summed E-state index contributed by atoms with van der Waals surface area (Å²) in [5, 5.41) is 9.00. The molecular formula is C8H8Cl2OS. The van der Waals surface area contributed by atoms with E-state index in [1.54, 1.807) is 12.1 Å². The van der Waals surface area contributed by atoms with Gasteiger partial charge in [-0.25, -0.2) is 0 Å². The van der Waals surface area contributed by atoms with Crippen LogP contribution in [0.1, 0.15) is 6.92 Å². The first-order chi connectivity index (χ1) is 5.54. The number of halogens is 2. The highest BCUT2D eigenvalue weighted by Crippen LogP contribution is 2.19. The Morgan fingerprint density at radius 1 is 1.25 bits per heavy atom. The second-order valence-corrected chi connectivity index (χ2v) is 3.34. The van der Waals surface area contributed by atoms with Crippen molar-refractivity contribution >= 4 is 40.5 Å². The third-order valence-corrected chi connectivity index (χ3v) is 1.58. The van der Waals surface area contributed by atoms with Crippen molar-refractivity contribution in [2.45, 2.75) is 6.92 Å². The standard InChI is InChI=1S/C6H4Cl2.C2H4OS/c7-5-3-1-2-4-6(5)8;1-2(3)4/h1-4H;1H3,(H,3,4). The van der Waals surface area contributed by atoms with E-state index in [0.717, 1.165) is 0 Å². The van der Waals surface area contributed by atoms with E-state index in [1.807, 2.05) is 12.1 Å². The predicted molar refractivity (Wildman–Crippen MR) is 57.4 cm³/mol. The fourth-order valence-corrected chi connectivity index (χ4v) is 0.711. The largest absolute Gasteiger partial charge is 0.502 e. The molecule has 0 aromatic heterocycles. The summed E-state index contributed by atoms with van der Waals surface area (Å²) < 4.78 is 0. The lowest BCUT2D eigenvalue weighted by Crippen LogP contribution is -1.72. The zero-order valence-corrected chi connectivity index (χ0v) is 8.75. The fourth-order valence-electron chi connectivity index (χ4n) is 0.439. The van der Waals surface area contributed by atoms with E-state index in [9.17, 15) is 0 Å². The first kappa shape index (κ1) is 11.7. The van der Waals surface area contributed by atoms with Gasteiger partial charge < -0.3 is 5.11 Å². The summed E-state index contributed by atoms with van der Waals surface area (Å²) in [6.45, 7) is 1.45. The molecule has 0 unspecified atom stereocenters. The van der Waals surface area contributed by atoms with Gasteiger partial charge in [-0.3, -0.25) is 0 Å². The van der Waals surface area contributed by atoms with Crippen molar-refractivity contribution in [2.24, 2.45) is 0 Å². The van der Waals surface area contributed by atoms with Crippen LogP contribution in [0.3, 0.4) is 0 Å². The van der Waals surface area contributed by atoms with E-state index in [2.05, 4.69) is 12.2 Å². The zero-order valence-electron chi connectivity index (χ0n) is 6.42. The van der Waals surface area contributed by atoms with Gasteiger partial charge >= 0.3 is 0 Å². The summed E-state index contributed by atoms with van der Waals surface area (Å²) in [6.07, 6.45) is 0. The lowest BCUT2D eigenvalue weighted by atomic mass is 10.4. The fraction of sp³-hybridized carbons (Fsp3) is 0.125. The predicted octanol–water partition coefficient (Wildman–Crippen LogP) is 3.89. The van der Waals surface area contributed by atoms with Gasteiger partial charge in [0.05, 0.1) is 10.0 Å². The van der Waals surface area contributed by atoms with Crippen molar-refractivity contribution in [1.82, 2.24) is 0 Å². The van der Waals surface area contributed by atoms with E-state index >= 15 is 0 Å². The van der Waals surface area contributed by atoms with Crippen LogP contribution in [0.4, 0.5) is 0 Å². The van der Waals surface area contributed by atoms with E-state index in [4.69, 9.17) is 28.3 Å². The molecule has 1 nitrogen and oxygen atoms in total. The normalized spacial score (nSPS) is 8.25. The maximum Gasteiger partial charge on any atom is 0.153 e. The molecule has 0 saturated carbocycles. The summed E-state index contributed by atoms with van der Waals surface area (Å²) in [5.74, 6) is 0. The first-order valence-electron chi connectivity index (χ1n) is 3.13. The van der Waals surface area contributed by atoms with Gasteiger partial charge in [0, 0.05) is 6.92 Å². The lowest BCUT2D eigenvalue weighted by Gasteiger charge is -1.88. The molecule has 1 rings (SSSR count). The Kier molecular flexibility index (Phi) is 6.07. The van der Waals surface area contributed by atoms with Gasteiger partial charge in [0.1, 0.15) is 0 Å². The molecule has 0 aliphatic rings. The van der Waals surface area contributed by atoms with Crippen molar-refractivity contribution in [3.05, 3.63) is 34.3 Å². The van der Waals surface area contributed by atoms with Crippen molar-refractivity contribution in [1.29, 1.82) is 0 Å². The molecule has 1 N–H and O–H groups in total. The zero-order chi connectivity index (χ0) is 9.56. The maximum absolute atomic E-state index is 7.79. The highest BCUT2D eigenvalue weighted by molar-refractivity contribution is 7.79. The van der Waals surface area contributed by atoms with Gasteiger partial charge in [0.25, 0.3) is 0 Å². The van der Waals surface area contributed by atoms with Gasteiger partial charge in [-0.1, -0.05) is 35.3 Å². The van der Waals surface area contributed by atoms with Gasteiger partial charge in [-0.05, 0) is 24.4 Å². The van der Waals surface area contributed by atoms with Crippen molar-refractivity contribution in [3.63, 3.8) is 0 Å². The molecule has 12 heavy (non-hydrogen) atoms. The van der Waals surface area contributed by atoms with Crippen molar-refractivity contribution in [3.8, 4) is 0 Å². The Hall–Kier alpha value is -0.310. The molecule has 0 radical (unpaired) electrons. The van der Waals surface area contributed by atoms with Gasteiger partial charge in [-0.15, -0.1) is 0 Å². The molecule has 0 heterocycles. The molecule has 1 aromatic rings. The Morgan fingerprint density at radius 2 is 1.50 bits per heavy atom. The van der Waals surface area contributed by atoms with Gasteiger partial charge in [0.2, 0.25) is 0 Å². The van der Waals surface area contributed by atoms with E-state index in [0.29, 0.717) is 10.0 Å². The number of hydrogen-bond acceptors (Lipinski definition) is 1. The molecule has 0 amide bonds. The third kappa shape index (κ3) is 6.40. The minimum atomic E-state index is 0.000000000000000222. The number of aliphatic hydroxyl groups is 1. The molecule has 0 aliphatic carbocycles. The van der Waals surface area contributed by atoms with Gasteiger partial charge in [-0.2, -0.15) is 0 Å². The van der Waals surface area contributed by atoms with Crippen LogP contribution >= 0.6 is 35.4 Å². The second kappa shape index (κ2) is 6.23. The summed E-state index contributed by atoms with van der Waals surface area (Å²) in [7, 11) is 0. The molecule has 0 saturated heterocycles. The number of rotatable bonds is 0. The van der Waals surface area contributed by atoms with Crippen LogP contribution in [0.15, 0.2) is 24.3 Å². The summed E-state index contributed by atoms with van der Waals surface area (Å²) in [6, 6.07) is 7.19. The smallest absolute Gasteiger partial charge is 0.153 e. The van der Waals surface area contributed by atoms with Crippen LogP contribution in [0, 0.1) is 0 Å². The molecule has 0 aliphatic heterocycles. The minimum Gasteiger partial charge on any atom is -0.502 e. The Labute approximate surface area is 86.9 Å². The molecule has 0 atom stereocenters. The molecular weight excluding hydrogens is 215 g/mol. The second-order valence-electron chi connectivity index (χ2n) is 1.93. The summed E-state index contributed by atoms with van der Waals surface area (Å²) >= 11 is 15.2. The number of hydrogen-bond donors (Lipinski definition) is 1. The highest BCUT2D eigenvalue weighted by atomic mass is 35.5. The molecule has 0 fully saturated rings. The topological polar surface area (TPSA) is 20.2 Å². The Bertz CT molecular complexity index is 238. The lowest BCUT2D eigenvalue weighted by molar-refractivity contribution is 0.565. The van der Waals surface area contributed by atoms with Crippen LogP contribution in [0.25, 0.3) is 0 Å². The average Bonchev–Trinajstić information content (AvgIpc) is 1.94. The van der Waals surface area contributed by atoms with Crippen LogP contribution in [-0.2, 0) is 0 Å². The monoisotopic (exact) mass is 222 g/mol. The van der Waals surface area contributed by atoms with Crippen LogP contribution in [0.5, 0.6) is 0 Å². The maximum atomic E-state index is 7.79. The highest BCUT2D eigenvalue weighted by Gasteiger charge is 1.89. The van der Waals surface area contributed by atoms with Gasteiger partial charge in [0.15, 0.2) is 5.05 Å². The Morgan fingerprint density at radius 3 is 1.67 bits per heavy atom. The third-order valence-electron chi connectivity index (χ3n) is 0.824. The summed E-state index contributed by atoms with van der Waals surface area (Å²) in [5.41, 5.74) is 0. The summed E-state index contributed by atoms with van der Waals surface area (Å²) in [4.78, 5) is 0. The van der Waals surface area contributed by atoms with Crippen molar-refractivity contribution in [2.75, 3.05) is 0 Å². The molecule has 0 spiro atoms. The molecule has 0 bridgehead atoms. The number of thiocarbonyl (C=S) groups is 1. The molecule has 4 heteroatoms. The average molecular weight is 223 g/mol. The van der Waals surface area contributed by atoms with E-state index < -0.39 is 0 Å².